The van der Waals surface area contributed by atoms with Crippen molar-refractivity contribution in [2.45, 2.75) is 13.8 Å². The quantitative estimate of drug-likeness (QED) is 0.908. The molecule has 2 N–H and O–H groups in total. The van der Waals surface area contributed by atoms with Gasteiger partial charge in [0.15, 0.2) is 0 Å². The first-order valence-electron chi connectivity index (χ1n) is 6.69. The zero-order chi connectivity index (χ0) is 16.3. The number of benzene rings is 1. The Morgan fingerprint density at radius 1 is 1.05 bits per heavy atom. The van der Waals surface area contributed by atoms with Crippen molar-refractivity contribution in [2.75, 3.05) is 19.5 Å². The molecule has 0 bridgehead atoms. The first kappa shape index (κ1) is 15.6. The second-order valence-corrected chi connectivity index (χ2v) is 4.87. The average Bonchev–Trinajstić information content (AvgIpc) is 2.49. The van der Waals surface area contributed by atoms with Crippen molar-refractivity contribution in [3.8, 4) is 11.5 Å². The van der Waals surface area contributed by atoms with Crippen molar-refractivity contribution in [1.29, 1.82) is 0 Å². The van der Waals surface area contributed by atoms with Crippen LogP contribution in [0.4, 0.5) is 5.69 Å². The Hall–Kier alpha value is -2.76. The van der Waals surface area contributed by atoms with Gasteiger partial charge in [-0.3, -0.25) is 9.59 Å². The minimum Gasteiger partial charge on any atom is -0.497 e. The van der Waals surface area contributed by atoms with Crippen LogP contribution >= 0.6 is 0 Å². The summed E-state index contributed by atoms with van der Waals surface area (Å²) in [5.41, 5.74) is 2.10. The SMILES string of the molecule is COc1cc(OC)cc(C(=O)Nc2c(C)cc(=O)[nH]c2C)c1. The number of anilines is 1. The van der Waals surface area contributed by atoms with Crippen molar-refractivity contribution in [2.24, 2.45) is 0 Å². The highest BCUT2D eigenvalue weighted by Crippen LogP contribution is 2.24. The average molecular weight is 302 g/mol. The van der Waals surface area contributed by atoms with E-state index < -0.39 is 0 Å². The fourth-order valence-electron chi connectivity index (χ4n) is 2.16. The van der Waals surface area contributed by atoms with Crippen LogP contribution in [0.25, 0.3) is 0 Å². The summed E-state index contributed by atoms with van der Waals surface area (Å²) >= 11 is 0. The number of carbonyl (C=O) groups is 1. The number of hydrogen-bond acceptors (Lipinski definition) is 4. The molecule has 2 rings (SSSR count). The Bertz CT molecular complexity index is 717. The van der Waals surface area contributed by atoms with E-state index in [0.717, 1.165) is 0 Å². The summed E-state index contributed by atoms with van der Waals surface area (Å²) in [6, 6.07) is 6.37. The van der Waals surface area contributed by atoms with Gasteiger partial charge in [-0.15, -0.1) is 0 Å². The van der Waals surface area contributed by atoms with Gasteiger partial charge in [0.05, 0.1) is 19.9 Å². The molecule has 0 atom stereocenters. The minimum atomic E-state index is -0.310. The summed E-state index contributed by atoms with van der Waals surface area (Å²) in [6.45, 7) is 3.50. The number of aryl methyl sites for hydroxylation is 2. The molecule has 116 valence electrons. The van der Waals surface area contributed by atoms with Crippen LogP contribution in [0.1, 0.15) is 21.6 Å². The maximum atomic E-state index is 12.4. The number of pyridine rings is 1. The molecule has 0 aliphatic carbocycles. The summed E-state index contributed by atoms with van der Waals surface area (Å²) in [5, 5.41) is 2.80. The van der Waals surface area contributed by atoms with Gasteiger partial charge >= 0.3 is 0 Å². The lowest BCUT2D eigenvalue weighted by atomic mass is 10.1. The van der Waals surface area contributed by atoms with Crippen LogP contribution in [0, 0.1) is 13.8 Å². The topological polar surface area (TPSA) is 80.4 Å². The molecule has 2 aromatic rings. The first-order valence-corrected chi connectivity index (χ1v) is 6.69. The second kappa shape index (κ2) is 6.34. The number of hydrogen-bond donors (Lipinski definition) is 2. The number of aromatic nitrogens is 1. The van der Waals surface area contributed by atoms with Crippen LogP contribution < -0.4 is 20.3 Å². The Labute approximate surface area is 128 Å². The third kappa shape index (κ3) is 3.28. The van der Waals surface area contributed by atoms with Gasteiger partial charge in [-0.1, -0.05) is 0 Å². The molecular weight excluding hydrogens is 284 g/mol. The number of ether oxygens (including phenoxy) is 2. The number of rotatable bonds is 4. The van der Waals surface area contributed by atoms with E-state index in [0.29, 0.717) is 34.0 Å². The van der Waals surface area contributed by atoms with Crippen molar-refractivity contribution in [1.82, 2.24) is 4.98 Å². The lowest BCUT2D eigenvalue weighted by Gasteiger charge is -2.12. The molecule has 0 spiro atoms. The Kier molecular flexibility index (Phi) is 4.50. The van der Waals surface area contributed by atoms with Gasteiger partial charge in [0.1, 0.15) is 11.5 Å². The molecule has 0 radical (unpaired) electrons. The van der Waals surface area contributed by atoms with E-state index in [4.69, 9.17) is 9.47 Å². The van der Waals surface area contributed by atoms with Crippen LogP contribution in [-0.4, -0.2) is 25.1 Å². The maximum absolute atomic E-state index is 12.4. The van der Waals surface area contributed by atoms with Crippen molar-refractivity contribution >= 4 is 11.6 Å². The summed E-state index contributed by atoms with van der Waals surface area (Å²) < 4.78 is 10.3. The third-order valence-electron chi connectivity index (χ3n) is 3.28. The Morgan fingerprint density at radius 2 is 1.64 bits per heavy atom. The molecule has 0 saturated carbocycles. The lowest BCUT2D eigenvalue weighted by Crippen LogP contribution is -2.17. The van der Waals surface area contributed by atoms with Gasteiger partial charge in [-0.2, -0.15) is 0 Å². The standard InChI is InChI=1S/C16H18N2O4/c1-9-5-14(19)17-10(2)15(9)18-16(20)11-6-12(21-3)8-13(7-11)22-4/h5-8H,1-4H3,(H,17,19)(H,18,20). The van der Waals surface area contributed by atoms with E-state index in [1.165, 1.54) is 20.3 Å². The summed E-state index contributed by atoms with van der Waals surface area (Å²) in [4.78, 5) is 26.5. The van der Waals surface area contributed by atoms with Crippen LogP contribution in [0.5, 0.6) is 11.5 Å². The monoisotopic (exact) mass is 302 g/mol. The van der Waals surface area contributed by atoms with E-state index in [9.17, 15) is 9.59 Å². The van der Waals surface area contributed by atoms with Gasteiger partial charge in [0.25, 0.3) is 5.91 Å². The zero-order valence-electron chi connectivity index (χ0n) is 12.9. The highest BCUT2D eigenvalue weighted by Gasteiger charge is 2.13. The molecule has 0 aliphatic heterocycles. The largest absolute Gasteiger partial charge is 0.497 e. The number of nitrogens with one attached hydrogen (secondary N) is 2. The lowest BCUT2D eigenvalue weighted by molar-refractivity contribution is 0.102. The molecule has 0 saturated heterocycles. The number of carbonyl (C=O) groups excluding carboxylic acids is 1. The molecule has 1 aromatic heterocycles. The van der Waals surface area contributed by atoms with Crippen molar-refractivity contribution < 1.29 is 14.3 Å². The van der Waals surface area contributed by atoms with Crippen LogP contribution in [0.2, 0.25) is 0 Å². The van der Waals surface area contributed by atoms with E-state index >= 15 is 0 Å². The molecule has 1 heterocycles. The maximum Gasteiger partial charge on any atom is 0.255 e. The summed E-state index contributed by atoms with van der Waals surface area (Å²) in [5.74, 6) is 0.745. The Morgan fingerprint density at radius 3 is 2.14 bits per heavy atom. The van der Waals surface area contributed by atoms with Crippen LogP contribution in [0.15, 0.2) is 29.1 Å². The van der Waals surface area contributed by atoms with Crippen LogP contribution in [-0.2, 0) is 0 Å². The first-order chi connectivity index (χ1) is 10.4. The predicted molar refractivity (Wildman–Crippen MR) is 84.0 cm³/mol. The highest BCUT2D eigenvalue weighted by atomic mass is 16.5. The highest BCUT2D eigenvalue weighted by molar-refractivity contribution is 6.05. The normalized spacial score (nSPS) is 10.2. The molecule has 6 heteroatoms. The van der Waals surface area contributed by atoms with Gasteiger partial charge in [0, 0.05) is 23.4 Å². The molecule has 0 aliphatic rings. The van der Waals surface area contributed by atoms with E-state index in [1.807, 2.05) is 0 Å². The van der Waals surface area contributed by atoms with Crippen molar-refractivity contribution in [3.05, 3.63) is 51.4 Å². The van der Waals surface area contributed by atoms with Gasteiger partial charge in [0.2, 0.25) is 5.56 Å². The zero-order valence-corrected chi connectivity index (χ0v) is 12.9. The molecule has 1 amide bonds. The van der Waals surface area contributed by atoms with E-state index in [1.54, 1.807) is 32.0 Å². The van der Waals surface area contributed by atoms with Crippen molar-refractivity contribution in [3.63, 3.8) is 0 Å². The molecule has 6 nitrogen and oxygen atoms in total. The van der Waals surface area contributed by atoms with E-state index in [-0.39, 0.29) is 11.5 Å². The van der Waals surface area contributed by atoms with E-state index in [2.05, 4.69) is 10.3 Å². The summed E-state index contributed by atoms with van der Waals surface area (Å²) in [7, 11) is 3.04. The number of aromatic amines is 1. The number of amides is 1. The predicted octanol–water partition coefficient (Wildman–Crippen LogP) is 2.26. The summed E-state index contributed by atoms with van der Waals surface area (Å²) in [6.07, 6.45) is 0. The smallest absolute Gasteiger partial charge is 0.255 e. The number of methoxy groups -OCH3 is 2. The third-order valence-corrected chi connectivity index (χ3v) is 3.28. The minimum absolute atomic E-state index is 0.198. The number of H-pyrrole nitrogens is 1. The Balaban J connectivity index is 2.36. The molecule has 1 aromatic carbocycles. The van der Waals surface area contributed by atoms with Gasteiger partial charge < -0.3 is 19.8 Å². The van der Waals surface area contributed by atoms with Crippen LogP contribution in [0.3, 0.4) is 0 Å². The molecular formula is C16H18N2O4. The fraction of sp³-hybridized carbons (Fsp3) is 0.250. The fourth-order valence-corrected chi connectivity index (χ4v) is 2.16. The van der Waals surface area contributed by atoms with Gasteiger partial charge in [-0.05, 0) is 31.5 Å². The second-order valence-electron chi connectivity index (χ2n) is 4.87. The molecule has 22 heavy (non-hydrogen) atoms. The van der Waals surface area contributed by atoms with Gasteiger partial charge in [-0.25, -0.2) is 0 Å². The molecule has 0 fully saturated rings. The molecule has 0 unspecified atom stereocenters.